The molecule has 0 atom stereocenters. The summed E-state index contributed by atoms with van der Waals surface area (Å²) in [5.41, 5.74) is 0. The number of anilines is 1. The minimum absolute atomic E-state index is 0.182. The monoisotopic (exact) mass is 474 g/mol. The molecule has 0 saturated carbocycles. The van der Waals surface area contributed by atoms with E-state index < -0.39 is 10.0 Å². The standard InChI is InChI=1S/C9H5Br3N2O2S2/c10-6-2-1-3-8(13-6)14-18(15,16)5-4-7(11)17-9(5)12/h1-4H,(H,13,14). The Morgan fingerprint density at radius 3 is 2.50 bits per heavy atom. The van der Waals surface area contributed by atoms with Gasteiger partial charge in [-0.2, -0.15) is 0 Å². The van der Waals surface area contributed by atoms with Crippen LogP contribution in [0.2, 0.25) is 0 Å². The normalized spacial score (nSPS) is 11.5. The summed E-state index contributed by atoms with van der Waals surface area (Å²) in [6.45, 7) is 0. The van der Waals surface area contributed by atoms with Crippen molar-refractivity contribution in [3.63, 3.8) is 0 Å². The minimum Gasteiger partial charge on any atom is -0.263 e. The molecule has 0 unspecified atom stereocenters. The predicted molar refractivity (Wildman–Crippen MR) is 82.5 cm³/mol. The number of rotatable bonds is 3. The van der Waals surface area contributed by atoms with Crippen LogP contribution in [-0.2, 0) is 10.0 Å². The zero-order valence-corrected chi connectivity index (χ0v) is 14.9. The van der Waals surface area contributed by atoms with Crippen LogP contribution in [0.5, 0.6) is 0 Å². The van der Waals surface area contributed by atoms with Crippen molar-refractivity contribution >= 4 is 75.0 Å². The van der Waals surface area contributed by atoms with E-state index in [0.29, 0.717) is 8.39 Å². The number of hydrogen-bond donors (Lipinski definition) is 1. The van der Waals surface area contributed by atoms with Gasteiger partial charge in [-0.05, 0) is 66.0 Å². The highest BCUT2D eigenvalue weighted by Gasteiger charge is 2.21. The second-order valence-electron chi connectivity index (χ2n) is 3.14. The van der Waals surface area contributed by atoms with Crippen LogP contribution in [0.4, 0.5) is 5.82 Å². The van der Waals surface area contributed by atoms with Gasteiger partial charge < -0.3 is 0 Å². The fourth-order valence-electron chi connectivity index (χ4n) is 1.17. The highest BCUT2D eigenvalue weighted by atomic mass is 79.9. The molecule has 9 heteroatoms. The summed E-state index contributed by atoms with van der Waals surface area (Å²) in [5.74, 6) is 0.263. The molecule has 4 nitrogen and oxygen atoms in total. The molecule has 0 aromatic carbocycles. The quantitative estimate of drug-likeness (QED) is 0.674. The smallest absolute Gasteiger partial charge is 0.263 e. The summed E-state index contributed by atoms with van der Waals surface area (Å²) in [4.78, 5) is 4.20. The fourth-order valence-corrected chi connectivity index (χ4v) is 6.32. The SMILES string of the molecule is O=S(=O)(Nc1cccc(Br)n1)c1cc(Br)sc1Br. The number of thiophene rings is 1. The maximum Gasteiger partial charge on any atom is 0.265 e. The van der Waals surface area contributed by atoms with Crippen molar-refractivity contribution in [1.29, 1.82) is 0 Å². The van der Waals surface area contributed by atoms with E-state index in [-0.39, 0.29) is 10.7 Å². The Bertz CT molecular complexity index is 685. The topological polar surface area (TPSA) is 59.1 Å². The highest BCUT2D eigenvalue weighted by Crippen LogP contribution is 2.35. The van der Waals surface area contributed by atoms with Crippen LogP contribution < -0.4 is 4.72 Å². The molecule has 2 aromatic rings. The third-order valence-electron chi connectivity index (χ3n) is 1.87. The number of aromatic nitrogens is 1. The molecule has 0 amide bonds. The number of nitrogens with one attached hydrogen (secondary N) is 1. The van der Waals surface area contributed by atoms with Crippen molar-refractivity contribution in [2.45, 2.75) is 4.90 Å². The Balaban J connectivity index is 2.36. The summed E-state index contributed by atoms with van der Waals surface area (Å²) in [5, 5.41) is 0. The summed E-state index contributed by atoms with van der Waals surface area (Å²) in [6, 6.07) is 6.54. The molecule has 18 heavy (non-hydrogen) atoms. The Hall–Kier alpha value is 0.0400. The van der Waals surface area contributed by atoms with Crippen LogP contribution in [0.3, 0.4) is 0 Å². The molecule has 0 radical (unpaired) electrons. The molecule has 0 spiro atoms. The molecular formula is C9H5Br3N2O2S2. The van der Waals surface area contributed by atoms with Gasteiger partial charge in [0, 0.05) is 0 Å². The van der Waals surface area contributed by atoms with Gasteiger partial charge in [0.1, 0.15) is 15.3 Å². The van der Waals surface area contributed by atoms with Crippen LogP contribution in [-0.4, -0.2) is 13.4 Å². The zero-order valence-electron chi connectivity index (χ0n) is 8.52. The van der Waals surface area contributed by atoms with Gasteiger partial charge in [-0.1, -0.05) is 6.07 Å². The molecule has 0 aliphatic carbocycles. The average Bonchev–Trinajstić information content (AvgIpc) is 2.58. The van der Waals surface area contributed by atoms with Crippen molar-refractivity contribution < 1.29 is 8.42 Å². The second kappa shape index (κ2) is 5.58. The molecule has 0 aliphatic heterocycles. The van der Waals surface area contributed by atoms with E-state index in [1.807, 2.05) is 0 Å². The molecule has 2 aromatic heterocycles. The van der Waals surface area contributed by atoms with E-state index in [1.165, 1.54) is 17.4 Å². The molecule has 0 saturated heterocycles. The Kier molecular flexibility index (Phi) is 4.48. The van der Waals surface area contributed by atoms with Crippen LogP contribution in [0, 0.1) is 0 Å². The molecule has 96 valence electrons. The molecule has 2 rings (SSSR count). The predicted octanol–water partition coefficient (Wildman–Crippen LogP) is 4.23. The lowest BCUT2D eigenvalue weighted by atomic mass is 10.5. The number of halogens is 3. The summed E-state index contributed by atoms with van der Waals surface area (Å²) in [7, 11) is -3.64. The highest BCUT2D eigenvalue weighted by molar-refractivity contribution is 9.12. The van der Waals surface area contributed by atoms with E-state index in [0.717, 1.165) is 3.79 Å². The van der Waals surface area contributed by atoms with E-state index in [4.69, 9.17) is 0 Å². The van der Waals surface area contributed by atoms with Gasteiger partial charge >= 0.3 is 0 Å². The average molecular weight is 477 g/mol. The van der Waals surface area contributed by atoms with E-state index in [2.05, 4.69) is 57.5 Å². The fraction of sp³-hybridized carbons (Fsp3) is 0. The van der Waals surface area contributed by atoms with E-state index >= 15 is 0 Å². The molecule has 1 N–H and O–H groups in total. The largest absolute Gasteiger partial charge is 0.265 e. The number of hydrogen-bond acceptors (Lipinski definition) is 4. The third kappa shape index (κ3) is 3.32. The van der Waals surface area contributed by atoms with Crippen LogP contribution in [0.1, 0.15) is 0 Å². The number of pyridine rings is 1. The van der Waals surface area contributed by atoms with E-state index in [9.17, 15) is 8.42 Å². The first kappa shape index (κ1) is 14.4. The molecule has 0 bridgehead atoms. The van der Waals surface area contributed by atoms with Gasteiger partial charge in [-0.3, -0.25) is 4.72 Å². The summed E-state index contributed by atoms with van der Waals surface area (Å²) in [6.07, 6.45) is 0. The lowest BCUT2D eigenvalue weighted by Gasteiger charge is -2.06. The van der Waals surface area contributed by atoms with Gasteiger partial charge in [-0.15, -0.1) is 11.3 Å². The van der Waals surface area contributed by atoms with Gasteiger partial charge in [0.25, 0.3) is 10.0 Å². The maximum atomic E-state index is 12.1. The third-order valence-corrected chi connectivity index (χ3v) is 6.42. The first-order valence-corrected chi connectivity index (χ1v) is 9.16. The second-order valence-corrected chi connectivity index (χ2v) is 9.35. The molecule has 0 aliphatic rings. The van der Waals surface area contributed by atoms with Crippen LogP contribution in [0.25, 0.3) is 0 Å². The first-order valence-electron chi connectivity index (χ1n) is 4.49. The molecular weight excluding hydrogens is 472 g/mol. The molecule has 0 fully saturated rings. The van der Waals surface area contributed by atoms with Gasteiger partial charge in [-0.25, -0.2) is 13.4 Å². The van der Waals surface area contributed by atoms with Crippen LogP contribution >= 0.6 is 59.1 Å². The zero-order chi connectivity index (χ0) is 13.3. The lowest BCUT2D eigenvalue weighted by molar-refractivity contribution is 0.601. The van der Waals surface area contributed by atoms with Crippen molar-refractivity contribution in [1.82, 2.24) is 4.98 Å². The van der Waals surface area contributed by atoms with Crippen molar-refractivity contribution in [2.24, 2.45) is 0 Å². The van der Waals surface area contributed by atoms with Crippen molar-refractivity contribution in [3.05, 3.63) is 36.4 Å². The Morgan fingerprint density at radius 1 is 1.22 bits per heavy atom. The van der Waals surface area contributed by atoms with Gasteiger partial charge in [0.15, 0.2) is 0 Å². The van der Waals surface area contributed by atoms with Crippen LogP contribution in [0.15, 0.2) is 41.3 Å². The van der Waals surface area contributed by atoms with Crippen molar-refractivity contribution in [2.75, 3.05) is 4.72 Å². The lowest BCUT2D eigenvalue weighted by Crippen LogP contribution is -2.13. The van der Waals surface area contributed by atoms with Crippen molar-refractivity contribution in [3.8, 4) is 0 Å². The molecule has 2 heterocycles. The summed E-state index contributed by atoms with van der Waals surface area (Å²) < 4.78 is 28.5. The Labute approximate surface area is 133 Å². The minimum atomic E-state index is -3.64. The Morgan fingerprint density at radius 2 is 1.94 bits per heavy atom. The van der Waals surface area contributed by atoms with E-state index in [1.54, 1.807) is 18.2 Å². The number of nitrogens with zero attached hydrogens (tertiary/aromatic N) is 1. The maximum absolute atomic E-state index is 12.1. The summed E-state index contributed by atoms with van der Waals surface area (Å²) >= 11 is 10.9. The first-order chi connectivity index (χ1) is 8.38. The number of sulfonamides is 1. The van der Waals surface area contributed by atoms with Gasteiger partial charge in [0.2, 0.25) is 0 Å². The van der Waals surface area contributed by atoms with Gasteiger partial charge in [0.05, 0.1) is 7.57 Å².